The molecule has 0 spiro atoms. The van der Waals surface area contributed by atoms with Crippen LogP contribution in [0, 0.1) is 0 Å². The molecule has 3 aliphatic rings. The number of nitrogens with one attached hydrogen (secondary N) is 2. The minimum Gasteiger partial charge on any atom is -0.346 e. The first-order valence-electron chi connectivity index (χ1n) is 8.60. The van der Waals surface area contributed by atoms with Crippen LogP contribution in [0.5, 0.6) is 0 Å². The van der Waals surface area contributed by atoms with E-state index in [1.54, 1.807) is 0 Å². The normalized spacial score (nSPS) is 31.1. The quantitative estimate of drug-likeness (QED) is 0.882. The Hall–Kier alpha value is -1.55. The Kier molecular flexibility index (Phi) is 3.19. The van der Waals surface area contributed by atoms with E-state index in [0.29, 0.717) is 12.0 Å². The summed E-state index contributed by atoms with van der Waals surface area (Å²) in [5, 5.41) is 6.87. The van der Waals surface area contributed by atoms with Gasteiger partial charge in [-0.15, -0.1) is 0 Å². The van der Waals surface area contributed by atoms with Gasteiger partial charge in [0.15, 0.2) is 0 Å². The van der Waals surface area contributed by atoms with Crippen molar-refractivity contribution in [3.05, 3.63) is 29.3 Å². The summed E-state index contributed by atoms with van der Waals surface area (Å²) in [5.74, 6) is 0.804. The second-order valence-electron chi connectivity index (χ2n) is 7.11. The van der Waals surface area contributed by atoms with Crippen LogP contribution in [0.3, 0.4) is 0 Å². The Balaban J connectivity index is 1.83. The van der Waals surface area contributed by atoms with Crippen LogP contribution in [0.15, 0.2) is 18.2 Å². The van der Waals surface area contributed by atoms with Crippen LogP contribution in [0.1, 0.15) is 61.4 Å². The highest BCUT2D eigenvalue weighted by Crippen LogP contribution is 2.44. The van der Waals surface area contributed by atoms with E-state index in [4.69, 9.17) is 0 Å². The molecule has 0 bridgehead atoms. The van der Waals surface area contributed by atoms with Gasteiger partial charge in [-0.1, -0.05) is 13.0 Å². The number of benzene rings is 1. The monoisotopic (exact) mass is 299 g/mol. The molecule has 0 aromatic heterocycles. The average molecular weight is 299 g/mol. The van der Waals surface area contributed by atoms with E-state index < -0.39 is 0 Å². The van der Waals surface area contributed by atoms with Crippen molar-refractivity contribution in [2.75, 3.05) is 18.0 Å². The molecule has 1 amide bonds. The van der Waals surface area contributed by atoms with Crippen molar-refractivity contribution < 1.29 is 4.79 Å². The van der Waals surface area contributed by atoms with Crippen molar-refractivity contribution in [3.63, 3.8) is 0 Å². The predicted molar refractivity (Wildman–Crippen MR) is 88.3 cm³/mol. The van der Waals surface area contributed by atoms with E-state index in [2.05, 4.69) is 41.5 Å². The molecule has 4 rings (SSSR count). The number of nitrogens with zero attached hydrogens (tertiary/aromatic N) is 1. The van der Waals surface area contributed by atoms with Gasteiger partial charge in [0.2, 0.25) is 0 Å². The maximum absolute atomic E-state index is 12.6. The lowest BCUT2D eigenvalue weighted by Crippen LogP contribution is -2.64. The molecule has 22 heavy (non-hydrogen) atoms. The van der Waals surface area contributed by atoms with Crippen LogP contribution in [0.25, 0.3) is 0 Å². The zero-order valence-corrected chi connectivity index (χ0v) is 13.5. The van der Waals surface area contributed by atoms with Crippen LogP contribution in [-0.4, -0.2) is 30.7 Å². The second-order valence-corrected chi connectivity index (χ2v) is 7.11. The van der Waals surface area contributed by atoms with E-state index in [9.17, 15) is 4.79 Å². The smallest absolute Gasteiger partial charge is 0.255 e. The minimum absolute atomic E-state index is 0.0880. The summed E-state index contributed by atoms with van der Waals surface area (Å²) in [4.78, 5) is 15.1. The topological polar surface area (TPSA) is 44.4 Å². The highest BCUT2D eigenvalue weighted by atomic mass is 16.2. The van der Waals surface area contributed by atoms with Gasteiger partial charge in [-0.2, -0.15) is 0 Å². The molecule has 118 valence electrons. The fourth-order valence-corrected chi connectivity index (χ4v) is 4.00. The number of carbonyl (C=O) groups excluding carboxylic acids is 1. The van der Waals surface area contributed by atoms with Crippen molar-refractivity contribution in [2.45, 2.75) is 57.2 Å². The van der Waals surface area contributed by atoms with Gasteiger partial charge in [0.1, 0.15) is 5.66 Å². The number of rotatable bonds is 2. The molecule has 2 heterocycles. The van der Waals surface area contributed by atoms with Crippen molar-refractivity contribution in [1.82, 2.24) is 10.6 Å². The molecule has 1 aromatic carbocycles. The Morgan fingerprint density at radius 1 is 1.36 bits per heavy atom. The first kappa shape index (κ1) is 14.1. The summed E-state index contributed by atoms with van der Waals surface area (Å²) >= 11 is 0. The van der Waals surface area contributed by atoms with Crippen LogP contribution < -0.4 is 15.5 Å². The van der Waals surface area contributed by atoms with E-state index in [0.717, 1.165) is 37.2 Å². The zero-order valence-electron chi connectivity index (χ0n) is 13.5. The molecule has 2 N–H and O–H groups in total. The summed E-state index contributed by atoms with van der Waals surface area (Å²) in [6, 6.07) is 6.89. The summed E-state index contributed by atoms with van der Waals surface area (Å²) in [7, 11) is 0. The number of hydrogen-bond donors (Lipinski definition) is 2. The minimum atomic E-state index is -0.232. The Labute approximate surface area is 132 Å². The molecule has 1 aliphatic carbocycles. The molecule has 0 radical (unpaired) electrons. The lowest BCUT2D eigenvalue weighted by atomic mass is 9.92. The number of amides is 1. The average Bonchev–Trinajstić information content (AvgIpc) is 3.35. The predicted octanol–water partition coefficient (Wildman–Crippen LogP) is 2.60. The molecule has 2 atom stereocenters. The molecule has 1 saturated heterocycles. The molecule has 1 saturated carbocycles. The third-order valence-electron chi connectivity index (χ3n) is 5.54. The van der Waals surface area contributed by atoms with Gasteiger partial charge in [-0.25, -0.2) is 0 Å². The number of hydrogen-bond acceptors (Lipinski definition) is 3. The van der Waals surface area contributed by atoms with E-state index in [-0.39, 0.29) is 11.6 Å². The second kappa shape index (κ2) is 4.98. The molecule has 2 fully saturated rings. The van der Waals surface area contributed by atoms with Crippen LogP contribution in [-0.2, 0) is 0 Å². The molecule has 2 aliphatic heterocycles. The van der Waals surface area contributed by atoms with Gasteiger partial charge >= 0.3 is 0 Å². The fraction of sp³-hybridized carbons (Fsp3) is 0.611. The van der Waals surface area contributed by atoms with Crippen LogP contribution >= 0.6 is 0 Å². The summed E-state index contributed by atoms with van der Waals surface area (Å²) in [5.41, 5.74) is 3.15. The van der Waals surface area contributed by atoms with Gasteiger partial charge in [0.25, 0.3) is 5.91 Å². The Morgan fingerprint density at radius 3 is 2.91 bits per heavy atom. The summed E-state index contributed by atoms with van der Waals surface area (Å²) in [6.07, 6.45) is 4.47. The molecule has 1 aromatic rings. The van der Waals surface area contributed by atoms with Gasteiger partial charge in [0.05, 0.1) is 11.3 Å². The standard InChI is InChI=1S/C18H25N3O/c1-3-18-8-9-19-12(2)11-21(18)16-10-14(13-4-5-13)6-7-15(16)17(22)20-18/h6-7,10,12-13,19H,3-5,8-9,11H2,1-2H3,(H,20,22)/t12-,18+/m0/s1. The van der Waals surface area contributed by atoms with Crippen molar-refractivity contribution >= 4 is 11.6 Å². The molecular weight excluding hydrogens is 274 g/mol. The third-order valence-corrected chi connectivity index (χ3v) is 5.54. The zero-order chi connectivity index (χ0) is 15.3. The largest absolute Gasteiger partial charge is 0.346 e. The summed E-state index contributed by atoms with van der Waals surface area (Å²) in [6.45, 7) is 6.30. The molecule has 4 nitrogen and oxygen atoms in total. The SMILES string of the molecule is CC[C@]12CCN[C@@H](C)CN1c1cc(C3CC3)ccc1C(=O)N2. The first-order valence-corrected chi connectivity index (χ1v) is 8.60. The number of anilines is 1. The highest BCUT2D eigenvalue weighted by Gasteiger charge is 2.44. The fourth-order valence-electron chi connectivity index (χ4n) is 4.00. The maximum atomic E-state index is 12.6. The number of carbonyl (C=O) groups is 1. The van der Waals surface area contributed by atoms with Crippen molar-refractivity contribution in [2.24, 2.45) is 0 Å². The van der Waals surface area contributed by atoms with Gasteiger partial charge in [-0.3, -0.25) is 4.79 Å². The highest BCUT2D eigenvalue weighted by molar-refractivity contribution is 6.02. The lowest BCUT2D eigenvalue weighted by molar-refractivity contribution is 0.0872. The molecular formula is C18H25N3O. The van der Waals surface area contributed by atoms with Crippen LogP contribution in [0.4, 0.5) is 5.69 Å². The van der Waals surface area contributed by atoms with E-state index >= 15 is 0 Å². The van der Waals surface area contributed by atoms with Crippen molar-refractivity contribution in [3.8, 4) is 0 Å². The Bertz CT molecular complexity index is 610. The maximum Gasteiger partial charge on any atom is 0.255 e. The third kappa shape index (κ3) is 2.12. The van der Waals surface area contributed by atoms with Crippen LogP contribution in [0.2, 0.25) is 0 Å². The summed E-state index contributed by atoms with van der Waals surface area (Å²) < 4.78 is 0. The molecule has 0 unspecified atom stereocenters. The van der Waals surface area contributed by atoms with Gasteiger partial charge in [-0.05, 0) is 56.3 Å². The first-order chi connectivity index (χ1) is 10.6. The van der Waals surface area contributed by atoms with E-state index in [1.807, 2.05) is 6.07 Å². The van der Waals surface area contributed by atoms with Gasteiger partial charge < -0.3 is 15.5 Å². The Morgan fingerprint density at radius 2 is 2.18 bits per heavy atom. The molecule has 4 heteroatoms. The van der Waals surface area contributed by atoms with Gasteiger partial charge in [0, 0.05) is 19.0 Å². The van der Waals surface area contributed by atoms with E-state index in [1.165, 1.54) is 18.4 Å². The number of fused-ring (bicyclic) bond motifs is 3. The lowest BCUT2D eigenvalue weighted by Gasteiger charge is -2.48. The van der Waals surface area contributed by atoms with Crippen molar-refractivity contribution in [1.29, 1.82) is 0 Å².